The Bertz CT molecular complexity index is 464. The Labute approximate surface area is 120 Å². The number of likely N-dealkylation sites (N-methyl/N-ethyl adjacent to an activating group) is 2. The summed E-state index contributed by atoms with van der Waals surface area (Å²) in [6.45, 7) is 5.64. The largest absolute Gasteiger partial charge is 0.299 e. The maximum Gasteiger partial charge on any atom is 0.176 e. The smallest absolute Gasteiger partial charge is 0.176 e. The molecule has 1 aromatic rings. The minimum absolute atomic E-state index is 0.0203. The first-order valence-corrected chi connectivity index (χ1v) is 7.31. The van der Waals surface area contributed by atoms with E-state index >= 15 is 0 Å². The molecule has 0 saturated carbocycles. The second-order valence-electron chi connectivity index (χ2n) is 5.55. The van der Waals surface area contributed by atoms with Gasteiger partial charge in [-0.3, -0.25) is 14.6 Å². The summed E-state index contributed by atoms with van der Waals surface area (Å²) in [4.78, 5) is 16.6. The molecule has 0 radical (unpaired) electrons. The zero-order valence-corrected chi connectivity index (χ0v) is 12.3. The van der Waals surface area contributed by atoms with Gasteiger partial charge in [-0.05, 0) is 45.1 Å². The number of nitrogens with zero attached hydrogens (tertiary/aromatic N) is 2. The number of ketones is 1. The summed E-state index contributed by atoms with van der Waals surface area (Å²) in [5, 5.41) is 0. The molecule has 0 bridgehead atoms. The molecule has 1 aromatic carbocycles. The van der Waals surface area contributed by atoms with Gasteiger partial charge in [0.05, 0.1) is 6.54 Å². The Kier molecular flexibility index (Phi) is 5.26. The molecule has 1 aliphatic rings. The van der Waals surface area contributed by atoms with Crippen LogP contribution in [0.25, 0.3) is 0 Å². The topological polar surface area (TPSA) is 23.6 Å². The number of carbonyl (C=O) groups is 1. The molecule has 0 aliphatic carbocycles. The molecule has 2 rings (SSSR count). The lowest BCUT2D eigenvalue weighted by molar-refractivity contribution is 0.0928. The first kappa shape index (κ1) is 15.1. The maximum absolute atomic E-state index is 13.1. The molecule has 1 unspecified atom stereocenters. The van der Waals surface area contributed by atoms with Crippen molar-refractivity contribution in [3.05, 3.63) is 35.6 Å². The van der Waals surface area contributed by atoms with Gasteiger partial charge in [0.15, 0.2) is 5.78 Å². The quantitative estimate of drug-likeness (QED) is 0.747. The van der Waals surface area contributed by atoms with Gasteiger partial charge in [0.1, 0.15) is 5.82 Å². The van der Waals surface area contributed by atoms with Crippen LogP contribution in [0, 0.1) is 5.82 Å². The first-order valence-electron chi connectivity index (χ1n) is 7.31. The first-order chi connectivity index (χ1) is 9.60. The summed E-state index contributed by atoms with van der Waals surface area (Å²) < 4.78 is 13.1. The van der Waals surface area contributed by atoms with E-state index in [0.29, 0.717) is 18.2 Å². The summed E-state index contributed by atoms with van der Waals surface area (Å²) in [5.74, 6) is -0.375. The number of benzene rings is 1. The van der Waals surface area contributed by atoms with Crippen LogP contribution in [-0.4, -0.2) is 54.9 Å². The lowest BCUT2D eigenvalue weighted by atomic mass is 10.1. The third kappa shape index (κ3) is 3.87. The summed E-state index contributed by atoms with van der Waals surface area (Å²) in [6, 6.07) is 6.47. The molecule has 1 aliphatic heterocycles. The Morgan fingerprint density at radius 2 is 2.30 bits per heavy atom. The van der Waals surface area contributed by atoms with Crippen molar-refractivity contribution in [2.75, 3.05) is 33.2 Å². The average molecular weight is 278 g/mol. The van der Waals surface area contributed by atoms with Gasteiger partial charge in [-0.2, -0.15) is 0 Å². The van der Waals surface area contributed by atoms with E-state index in [9.17, 15) is 9.18 Å². The number of halogens is 1. The number of hydrogen-bond acceptors (Lipinski definition) is 3. The van der Waals surface area contributed by atoms with Crippen molar-refractivity contribution >= 4 is 5.78 Å². The van der Waals surface area contributed by atoms with E-state index in [1.165, 1.54) is 25.0 Å². The van der Waals surface area contributed by atoms with Gasteiger partial charge in [-0.25, -0.2) is 4.39 Å². The molecule has 110 valence electrons. The minimum Gasteiger partial charge on any atom is -0.299 e. The maximum atomic E-state index is 13.1. The number of rotatable bonds is 6. The molecule has 0 N–H and O–H groups in total. The van der Waals surface area contributed by atoms with Crippen molar-refractivity contribution in [2.24, 2.45) is 0 Å². The van der Waals surface area contributed by atoms with Gasteiger partial charge in [-0.15, -0.1) is 0 Å². The van der Waals surface area contributed by atoms with Crippen molar-refractivity contribution < 1.29 is 9.18 Å². The summed E-state index contributed by atoms with van der Waals surface area (Å²) >= 11 is 0. The van der Waals surface area contributed by atoms with Crippen LogP contribution in [0.4, 0.5) is 4.39 Å². The van der Waals surface area contributed by atoms with Crippen LogP contribution in [0.1, 0.15) is 30.1 Å². The van der Waals surface area contributed by atoms with Crippen LogP contribution >= 0.6 is 0 Å². The molecule has 0 amide bonds. The molecule has 20 heavy (non-hydrogen) atoms. The predicted octanol–water partition coefficient (Wildman–Crippen LogP) is 2.42. The molecular formula is C16H23FN2O. The average Bonchev–Trinajstić information content (AvgIpc) is 2.85. The van der Waals surface area contributed by atoms with Crippen LogP contribution in [0.5, 0.6) is 0 Å². The lowest BCUT2D eigenvalue weighted by Crippen LogP contribution is -2.40. The Morgan fingerprint density at radius 1 is 1.50 bits per heavy atom. The van der Waals surface area contributed by atoms with Crippen molar-refractivity contribution in [1.29, 1.82) is 0 Å². The van der Waals surface area contributed by atoms with E-state index in [-0.39, 0.29) is 11.6 Å². The van der Waals surface area contributed by atoms with Gasteiger partial charge >= 0.3 is 0 Å². The fourth-order valence-corrected chi connectivity index (χ4v) is 2.94. The van der Waals surface area contributed by atoms with E-state index in [0.717, 1.165) is 19.6 Å². The second kappa shape index (κ2) is 6.95. The number of carbonyl (C=O) groups excluding carboxylic acids is 1. The van der Waals surface area contributed by atoms with Crippen LogP contribution in [0.15, 0.2) is 24.3 Å². The second-order valence-corrected chi connectivity index (χ2v) is 5.55. The van der Waals surface area contributed by atoms with Gasteiger partial charge in [-0.1, -0.05) is 19.1 Å². The monoisotopic (exact) mass is 278 g/mol. The van der Waals surface area contributed by atoms with Gasteiger partial charge in [0, 0.05) is 18.2 Å². The van der Waals surface area contributed by atoms with Crippen LogP contribution < -0.4 is 0 Å². The van der Waals surface area contributed by atoms with E-state index in [2.05, 4.69) is 11.8 Å². The molecule has 0 aromatic heterocycles. The van der Waals surface area contributed by atoms with Crippen LogP contribution in [-0.2, 0) is 0 Å². The Hall–Kier alpha value is -1.26. The Balaban J connectivity index is 1.88. The molecule has 0 spiro atoms. The van der Waals surface area contributed by atoms with E-state index in [4.69, 9.17) is 0 Å². The van der Waals surface area contributed by atoms with Crippen molar-refractivity contribution in [1.82, 2.24) is 9.80 Å². The summed E-state index contributed by atoms with van der Waals surface area (Å²) in [7, 11) is 1.96. The predicted molar refractivity (Wildman–Crippen MR) is 78.5 cm³/mol. The molecular weight excluding hydrogens is 255 g/mol. The van der Waals surface area contributed by atoms with Crippen molar-refractivity contribution in [2.45, 2.75) is 25.8 Å². The van der Waals surface area contributed by atoms with Crippen LogP contribution in [0.3, 0.4) is 0 Å². The summed E-state index contributed by atoms with van der Waals surface area (Å²) in [5.41, 5.74) is 0.454. The molecule has 1 heterocycles. The van der Waals surface area contributed by atoms with E-state index < -0.39 is 0 Å². The molecule has 1 fully saturated rings. The lowest BCUT2D eigenvalue weighted by Gasteiger charge is -2.27. The summed E-state index contributed by atoms with van der Waals surface area (Å²) in [6.07, 6.45) is 2.44. The van der Waals surface area contributed by atoms with Gasteiger partial charge in [0.25, 0.3) is 0 Å². The van der Waals surface area contributed by atoms with E-state index in [1.807, 2.05) is 11.9 Å². The third-order valence-electron chi connectivity index (χ3n) is 3.99. The zero-order chi connectivity index (χ0) is 14.5. The van der Waals surface area contributed by atoms with E-state index in [1.54, 1.807) is 12.1 Å². The molecule has 3 nitrogen and oxygen atoms in total. The Morgan fingerprint density at radius 3 is 3.00 bits per heavy atom. The number of hydrogen-bond donors (Lipinski definition) is 0. The normalized spacial score (nSPS) is 19.7. The molecule has 1 atom stereocenters. The highest BCUT2D eigenvalue weighted by Crippen LogP contribution is 2.17. The minimum atomic E-state index is -0.355. The fraction of sp³-hybridized carbons (Fsp3) is 0.562. The van der Waals surface area contributed by atoms with Crippen molar-refractivity contribution in [3.8, 4) is 0 Å². The SMILES string of the molecule is CCN1CCCC1CN(C)CC(=O)c1cccc(F)c1. The highest BCUT2D eigenvalue weighted by molar-refractivity contribution is 5.97. The van der Waals surface area contributed by atoms with Crippen molar-refractivity contribution in [3.63, 3.8) is 0 Å². The standard InChI is InChI=1S/C16H23FN2O/c1-3-19-9-5-8-15(19)11-18(2)12-16(20)13-6-4-7-14(17)10-13/h4,6-7,10,15H,3,5,8-9,11-12H2,1-2H3. The third-order valence-corrected chi connectivity index (χ3v) is 3.99. The molecule has 1 saturated heterocycles. The molecule has 4 heteroatoms. The number of likely N-dealkylation sites (tertiary alicyclic amines) is 1. The number of Topliss-reactive ketones (excluding diaryl/α,β-unsaturated/α-hetero) is 1. The zero-order valence-electron chi connectivity index (χ0n) is 12.3. The van der Waals surface area contributed by atoms with Gasteiger partial charge < -0.3 is 0 Å². The van der Waals surface area contributed by atoms with Crippen LogP contribution in [0.2, 0.25) is 0 Å². The highest BCUT2D eigenvalue weighted by atomic mass is 19.1. The van der Waals surface area contributed by atoms with Gasteiger partial charge in [0.2, 0.25) is 0 Å². The fourth-order valence-electron chi connectivity index (χ4n) is 2.94. The highest BCUT2D eigenvalue weighted by Gasteiger charge is 2.24.